The highest BCUT2D eigenvalue weighted by Crippen LogP contribution is 2.23. The van der Waals surface area contributed by atoms with Crippen LogP contribution in [0.3, 0.4) is 0 Å². The van der Waals surface area contributed by atoms with Crippen molar-refractivity contribution in [1.29, 1.82) is 0 Å². The van der Waals surface area contributed by atoms with E-state index in [0.29, 0.717) is 27.2 Å². The summed E-state index contributed by atoms with van der Waals surface area (Å²) in [5.41, 5.74) is 1.71. The number of hydrogen-bond donors (Lipinski definition) is 2. The van der Waals surface area contributed by atoms with E-state index in [1.165, 1.54) is 30.5 Å². The average Bonchev–Trinajstić information content (AvgIpc) is 3.04. The Bertz CT molecular complexity index is 992. The highest BCUT2D eigenvalue weighted by atomic mass is 35.5. The van der Waals surface area contributed by atoms with Crippen molar-refractivity contribution in [3.63, 3.8) is 0 Å². The number of aromatic amines is 1. The summed E-state index contributed by atoms with van der Waals surface area (Å²) in [6.45, 7) is 2.00. The highest BCUT2D eigenvalue weighted by molar-refractivity contribution is 6.48. The Hall–Kier alpha value is -3.12. The van der Waals surface area contributed by atoms with E-state index < -0.39 is 17.7 Å². The van der Waals surface area contributed by atoms with Gasteiger partial charge in [0.1, 0.15) is 0 Å². The van der Waals surface area contributed by atoms with Gasteiger partial charge < -0.3 is 15.0 Å². The van der Waals surface area contributed by atoms with Gasteiger partial charge in [-0.15, -0.1) is 0 Å². The molecule has 1 heterocycles. The molecule has 3 aromatic rings. The SMILES string of the molecule is CCOC(=O)c1ccc(NC(=O)C(=O)c2c[nH]c3ccc(Cl)cc23)cc1. The predicted molar refractivity (Wildman–Crippen MR) is 98.7 cm³/mol. The molecule has 1 amide bonds. The van der Waals surface area contributed by atoms with Crippen LogP contribution in [0.25, 0.3) is 10.9 Å². The quantitative estimate of drug-likeness (QED) is 0.406. The third kappa shape index (κ3) is 3.60. The van der Waals surface area contributed by atoms with Crippen molar-refractivity contribution in [3.05, 3.63) is 64.8 Å². The second-order valence-corrected chi connectivity index (χ2v) is 5.91. The highest BCUT2D eigenvalue weighted by Gasteiger charge is 2.20. The summed E-state index contributed by atoms with van der Waals surface area (Å²) in [7, 11) is 0. The first kappa shape index (κ1) is 17.7. The Labute approximate surface area is 154 Å². The largest absolute Gasteiger partial charge is 0.462 e. The lowest BCUT2D eigenvalue weighted by molar-refractivity contribution is -0.112. The molecule has 0 saturated carbocycles. The minimum absolute atomic E-state index is 0.239. The van der Waals surface area contributed by atoms with Gasteiger partial charge in [0.15, 0.2) is 0 Å². The van der Waals surface area contributed by atoms with Crippen LogP contribution in [0.1, 0.15) is 27.6 Å². The first-order valence-electron chi connectivity index (χ1n) is 7.89. The zero-order valence-electron chi connectivity index (χ0n) is 13.8. The van der Waals surface area contributed by atoms with E-state index in [1.807, 2.05) is 0 Å². The fourth-order valence-electron chi connectivity index (χ4n) is 2.49. The molecule has 132 valence electrons. The lowest BCUT2D eigenvalue weighted by Gasteiger charge is -2.06. The lowest BCUT2D eigenvalue weighted by Crippen LogP contribution is -2.22. The van der Waals surface area contributed by atoms with E-state index in [0.717, 1.165) is 0 Å². The molecule has 6 nitrogen and oxygen atoms in total. The molecule has 0 saturated heterocycles. The van der Waals surface area contributed by atoms with Crippen molar-refractivity contribution in [1.82, 2.24) is 4.98 Å². The number of fused-ring (bicyclic) bond motifs is 1. The van der Waals surface area contributed by atoms with Gasteiger partial charge in [0.2, 0.25) is 0 Å². The van der Waals surface area contributed by atoms with Gasteiger partial charge in [0.05, 0.1) is 17.7 Å². The number of rotatable bonds is 5. The van der Waals surface area contributed by atoms with E-state index in [-0.39, 0.29) is 12.2 Å². The third-order valence-electron chi connectivity index (χ3n) is 3.75. The van der Waals surface area contributed by atoms with Gasteiger partial charge in [-0.05, 0) is 49.4 Å². The molecule has 2 aromatic carbocycles. The average molecular weight is 371 g/mol. The van der Waals surface area contributed by atoms with Crippen LogP contribution >= 0.6 is 11.6 Å². The zero-order valence-corrected chi connectivity index (χ0v) is 14.6. The molecule has 0 unspecified atom stereocenters. The number of Topliss-reactive ketones (excluding diaryl/α,β-unsaturated/α-hetero) is 1. The summed E-state index contributed by atoms with van der Waals surface area (Å²) >= 11 is 5.96. The second-order valence-electron chi connectivity index (χ2n) is 5.47. The van der Waals surface area contributed by atoms with Crippen molar-refractivity contribution in [2.24, 2.45) is 0 Å². The zero-order chi connectivity index (χ0) is 18.7. The van der Waals surface area contributed by atoms with Gasteiger partial charge in [-0.1, -0.05) is 11.6 Å². The first-order valence-corrected chi connectivity index (χ1v) is 8.27. The molecular formula is C19H15ClN2O4. The number of amides is 1. The minimum Gasteiger partial charge on any atom is -0.462 e. The number of hydrogen-bond acceptors (Lipinski definition) is 4. The molecule has 0 aliphatic carbocycles. The molecule has 0 aliphatic rings. The van der Waals surface area contributed by atoms with Gasteiger partial charge in [0.25, 0.3) is 11.7 Å². The van der Waals surface area contributed by atoms with E-state index in [2.05, 4.69) is 10.3 Å². The Morgan fingerprint density at radius 2 is 1.85 bits per heavy atom. The Kier molecular flexibility index (Phi) is 5.04. The number of ketones is 1. The smallest absolute Gasteiger partial charge is 0.338 e. The Morgan fingerprint density at radius 1 is 1.12 bits per heavy atom. The number of carbonyl (C=O) groups excluding carboxylic acids is 3. The normalized spacial score (nSPS) is 10.5. The molecule has 0 radical (unpaired) electrons. The maximum absolute atomic E-state index is 12.4. The number of esters is 1. The third-order valence-corrected chi connectivity index (χ3v) is 3.98. The van der Waals surface area contributed by atoms with Crippen molar-refractivity contribution in [3.8, 4) is 0 Å². The maximum atomic E-state index is 12.4. The summed E-state index contributed by atoms with van der Waals surface area (Å²) in [4.78, 5) is 39.3. The number of ether oxygens (including phenoxy) is 1. The molecule has 1 aromatic heterocycles. The number of carbonyl (C=O) groups is 3. The lowest BCUT2D eigenvalue weighted by atomic mass is 10.1. The van der Waals surface area contributed by atoms with E-state index in [1.54, 1.807) is 25.1 Å². The van der Waals surface area contributed by atoms with Crippen LogP contribution in [-0.2, 0) is 9.53 Å². The maximum Gasteiger partial charge on any atom is 0.338 e. The summed E-state index contributed by atoms with van der Waals surface area (Å²) in [6, 6.07) is 11.2. The Balaban J connectivity index is 1.76. The van der Waals surface area contributed by atoms with Crippen molar-refractivity contribution >= 4 is 45.9 Å². The van der Waals surface area contributed by atoms with Crippen molar-refractivity contribution in [2.45, 2.75) is 6.92 Å². The van der Waals surface area contributed by atoms with Crippen LogP contribution in [0.4, 0.5) is 5.69 Å². The first-order chi connectivity index (χ1) is 12.5. The second kappa shape index (κ2) is 7.41. The van der Waals surface area contributed by atoms with Crippen molar-refractivity contribution in [2.75, 3.05) is 11.9 Å². The molecule has 7 heteroatoms. The van der Waals surface area contributed by atoms with Crippen LogP contribution in [0, 0.1) is 0 Å². The number of anilines is 1. The van der Waals surface area contributed by atoms with Crippen LogP contribution in [-0.4, -0.2) is 29.3 Å². The van der Waals surface area contributed by atoms with Gasteiger partial charge in [-0.25, -0.2) is 4.79 Å². The number of benzene rings is 2. The van der Waals surface area contributed by atoms with Crippen molar-refractivity contribution < 1.29 is 19.1 Å². The van der Waals surface area contributed by atoms with Gasteiger partial charge in [-0.3, -0.25) is 9.59 Å². The fourth-order valence-corrected chi connectivity index (χ4v) is 2.67. The predicted octanol–water partition coefficient (Wildman–Crippen LogP) is 3.82. The molecule has 0 bridgehead atoms. The molecule has 0 atom stereocenters. The number of nitrogens with one attached hydrogen (secondary N) is 2. The summed E-state index contributed by atoms with van der Waals surface area (Å²) < 4.78 is 4.89. The molecule has 2 N–H and O–H groups in total. The van der Waals surface area contributed by atoms with Crippen LogP contribution < -0.4 is 5.32 Å². The fraction of sp³-hybridized carbons (Fsp3) is 0.105. The van der Waals surface area contributed by atoms with Crippen LogP contribution in [0.5, 0.6) is 0 Å². The van der Waals surface area contributed by atoms with Gasteiger partial charge in [-0.2, -0.15) is 0 Å². The van der Waals surface area contributed by atoms with Crippen LogP contribution in [0.2, 0.25) is 5.02 Å². The monoisotopic (exact) mass is 370 g/mol. The standard InChI is InChI=1S/C19H15ClN2O4/c1-2-26-19(25)11-3-6-13(7-4-11)22-18(24)17(23)15-10-21-16-8-5-12(20)9-14(15)16/h3-10,21H,2H2,1H3,(H,22,24). The number of halogens is 1. The summed E-state index contributed by atoms with van der Waals surface area (Å²) in [5, 5.41) is 3.57. The van der Waals surface area contributed by atoms with E-state index in [4.69, 9.17) is 16.3 Å². The van der Waals surface area contributed by atoms with Crippen LogP contribution in [0.15, 0.2) is 48.7 Å². The molecular weight excluding hydrogens is 356 g/mol. The topological polar surface area (TPSA) is 88.3 Å². The van der Waals surface area contributed by atoms with Gasteiger partial charge in [0, 0.05) is 27.8 Å². The Morgan fingerprint density at radius 3 is 2.54 bits per heavy atom. The molecule has 3 rings (SSSR count). The van der Waals surface area contributed by atoms with Gasteiger partial charge >= 0.3 is 5.97 Å². The van der Waals surface area contributed by atoms with E-state index in [9.17, 15) is 14.4 Å². The number of aromatic nitrogens is 1. The summed E-state index contributed by atoms with van der Waals surface area (Å²) in [5.74, 6) is -1.92. The van der Waals surface area contributed by atoms with E-state index >= 15 is 0 Å². The number of H-pyrrole nitrogens is 1. The molecule has 0 aliphatic heterocycles. The molecule has 26 heavy (non-hydrogen) atoms. The molecule has 0 fully saturated rings. The molecule has 0 spiro atoms. The minimum atomic E-state index is -0.783. The summed E-state index contributed by atoms with van der Waals surface area (Å²) in [6.07, 6.45) is 1.48.